The second-order valence-electron chi connectivity index (χ2n) is 6.06. The van der Waals surface area contributed by atoms with E-state index in [1.807, 2.05) is 0 Å². The van der Waals surface area contributed by atoms with Crippen molar-refractivity contribution in [3.05, 3.63) is 29.3 Å². The van der Waals surface area contributed by atoms with Gasteiger partial charge in [-0.05, 0) is 50.7 Å². The second-order valence-corrected chi connectivity index (χ2v) is 6.06. The molecule has 1 aromatic rings. The van der Waals surface area contributed by atoms with Crippen LogP contribution in [0.2, 0.25) is 0 Å². The minimum Gasteiger partial charge on any atom is -0.369 e. The van der Waals surface area contributed by atoms with E-state index in [0.717, 1.165) is 31.4 Å². The average Bonchev–Trinajstić information content (AvgIpc) is 2.42. The summed E-state index contributed by atoms with van der Waals surface area (Å²) < 4.78 is 0. The highest BCUT2D eigenvalue weighted by atomic mass is 35.5. The van der Waals surface area contributed by atoms with Crippen molar-refractivity contribution in [1.82, 2.24) is 0 Å². The van der Waals surface area contributed by atoms with Crippen LogP contribution in [0.4, 0.5) is 5.69 Å². The number of benzene rings is 1. The van der Waals surface area contributed by atoms with Gasteiger partial charge in [0.05, 0.1) is 5.69 Å². The van der Waals surface area contributed by atoms with E-state index in [4.69, 9.17) is 16.5 Å². The molecule has 1 heterocycles. The summed E-state index contributed by atoms with van der Waals surface area (Å²) in [5, 5.41) is 0. The van der Waals surface area contributed by atoms with E-state index >= 15 is 0 Å². The van der Waals surface area contributed by atoms with Gasteiger partial charge in [0.15, 0.2) is 0 Å². The number of halogens is 1. The molecule has 0 unspecified atom stereocenters. The lowest BCUT2D eigenvalue weighted by molar-refractivity contribution is 0.305. The molecule has 1 aromatic carbocycles. The molecule has 1 aliphatic carbocycles. The standard InChI is InChI=1S/C16H23N5.ClH/c1-11-7-6-8-12(2)13(11)21-15(18)19-14(17)20-16(21)9-4-3-5-10-16;/h6-8H,3-5,9-10H2,1-2H3,(H4,17,18,19,20);1H. The van der Waals surface area contributed by atoms with Gasteiger partial charge in [0.1, 0.15) is 5.66 Å². The number of para-hydroxylation sites is 1. The lowest BCUT2D eigenvalue weighted by atomic mass is 9.86. The van der Waals surface area contributed by atoms with Gasteiger partial charge in [-0.3, -0.25) is 4.90 Å². The summed E-state index contributed by atoms with van der Waals surface area (Å²) in [6.07, 6.45) is 5.47. The molecule has 0 atom stereocenters. The number of hydrogen-bond donors (Lipinski definition) is 2. The van der Waals surface area contributed by atoms with Crippen molar-refractivity contribution < 1.29 is 0 Å². The zero-order valence-electron chi connectivity index (χ0n) is 13.2. The molecule has 5 nitrogen and oxygen atoms in total. The fourth-order valence-corrected chi connectivity index (χ4v) is 3.60. The summed E-state index contributed by atoms with van der Waals surface area (Å²) in [6, 6.07) is 6.28. The molecule has 22 heavy (non-hydrogen) atoms. The molecule has 0 amide bonds. The number of nitrogens with two attached hydrogens (primary N) is 2. The summed E-state index contributed by atoms with van der Waals surface area (Å²) in [6.45, 7) is 4.21. The molecule has 120 valence electrons. The second kappa shape index (κ2) is 6.16. The highest BCUT2D eigenvalue weighted by Crippen LogP contribution is 2.41. The summed E-state index contributed by atoms with van der Waals surface area (Å²) in [4.78, 5) is 11.1. The maximum absolute atomic E-state index is 6.26. The van der Waals surface area contributed by atoms with Gasteiger partial charge in [0.25, 0.3) is 0 Å². The Labute approximate surface area is 137 Å². The lowest BCUT2D eigenvalue weighted by Crippen LogP contribution is -2.58. The predicted molar refractivity (Wildman–Crippen MR) is 94.7 cm³/mol. The van der Waals surface area contributed by atoms with Crippen LogP contribution in [0.5, 0.6) is 0 Å². The number of anilines is 1. The first-order valence-corrected chi connectivity index (χ1v) is 7.59. The first-order valence-electron chi connectivity index (χ1n) is 7.59. The molecule has 4 N–H and O–H groups in total. The molecule has 1 fully saturated rings. The van der Waals surface area contributed by atoms with Crippen LogP contribution in [0.15, 0.2) is 28.2 Å². The maximum atomic E-state index is 6.26. The average molecular weight is 322 g/mol. The smallest absolute Gasteiger partial charge is 0.220 e. The minimum atomic E-state index is -0.356. The van der Waals surface area contributed by atoms with E-state index < -0.39 is 0 Å². The predicted octanol–water partition coefficient (Wildman–Crippen LogP) is 2.84. The number of rotatable bonds is 1. The molecule has 1 spiro atoms. The van der Waals surface area contributed by atoms with Gasteiger partial charge in [-0.1, -0.05) is 24.6 Å². The van der Waals surface area contributed by atoms with Crippen LogP contribution in [-0.4, -0.2) is 17.6 Å². The van der Waals surface area contributed by atoms with Crippen molar-refractivity contribution in [2.75, 3.05) is 4.90 Å². The van der Waals surface area contributed by atoms with Crippen molar-refractivity contribution in [2.24, 2.45) is 21.5 Å². The number of aryl methyl sites for hydroxylation is 2. The normalized spacial score (nSPS) is 20.2. The third-order valence-electron chi connectivity index (χ3n) is 4.51. The van der Waals surface area contributed by atoms with Crippen molar-refractivity contribution in [3.63, 3.8) is 0 Å². The molecular formula is C16H24ClN5. The van der Waals surface area contributed by atoms with E-state index in [2.05, 4.69) is 41.9 Å². The summed E-state index contributed by atoms with van der Waals surface area (Å²) >= 11 is 0. The van der Waals surface area contributed by atoms with Crippen LogP contribution < -0.4 is 16.4 Å². The first kappa shape index (κ1) is 16.6. The first-order chi connectivity index (χ1) is 10.0. The van der Waals surface area contributed by atoms with E-state index in [0.29, 0.717) is 11.9 Å². The molecule has 0 radical (unpaired) electrons. The molecule has 3 rings (SSSR count). The van der Waals surface area contributed by atoms with Crippen LogP contribution in [0.25, 0.3) is 0 Å². The molecular weight excluding hydrogens is 298 g/mol. The van der Waals surface area contributed by atoms with Crippen LogP contribution >= 0.6 is 12.4 Å². The summed E-state index contributed by atoms with van der Waals surface area (Å²) in [7, 11) is 0. The van der Waals surface area contributed by atoms with Gasteiger partial charge in [-0.25, -0.2) is 4.99 Å². The zero-order chi connectivity index (χ0) is 15.0. The van der Waals surface area contributed by atoms with E-state index in [1.54, 1.807) is 0 Å². The number of hydrogen-bond acceptors (Lipinski definition) is 5. The maximum Gasteiger partial charge on any atom is 0.220 e. The van der Waals surface area contributed by atoms with Gasteiger partial charge >= 0.3 is 0 Å². The molecule has 0 saturated heterocycles. The molecule has 0 aromatic heterocycles. The molecule has 1 aliphatic heterocycles. The Morgan fingerprint density at radius 1 is 1.05 bits per heavy atom. The Kier molecular flexibility index (Phi) is 4.66. The van der Waals surface area contributed by atoms with E-state index in [9.17, 15) is 0 Å². The Morgan fingerprint density at radius 3 is 2.23 bits per heavy atom. The highest BCUT2D eigenvalue weighted by molar-refractivity contribution is 6.06. The van der Waals surface area contributed by atoms with E-state index in [-0.39, 0.29) is 18.1 Å². The van der Waals surface area contributed by atoms with Gasteiger partial charge < -0.3 is 11.5 Å². The zero-order valence-corrected chi connectivity index (χ0v) is 14.0. The van der Waals surface area contributed by atoms with Crippen molar-refractivity contribution in [2.45, 2.75) is 51.6 Å². The fourth-order valence-electron chi connectivity index (χ4n) is 3.60. The Morgan fingerprint density at radius 2 is 1.64 bits per heavy atom. The number of nitrogens with zero attached hydrogens (tertiary/aromatic N) is 3. The van der Waals surface area contributed by atoms with Gasteiger partial charge in [0, 0.05) is 0 Å². The molecule has 0 bridgehead atoms. The van der Waals surface area contributed by atoms with Crippen molar-refractivity contribution >= 4 is 30.0 Å². The number of aliphatic imine (C=N–C) groups is 2. The fraction of sp³-hybridized carbons (Fsp3) is 0.500. The van der Waals surface area contributed by atoms with Crippen molar-refractivity contribution in [1.29, 1.82) is 0 Å². The Hall–Kier alpha value is -1.75. The third kappa shape index (κ3) is 2.65. The summed E-state index contributed by atoms with van der Waals surface area (Å²) in [5.74, 6) is 0.763. The van der Waals surface area contributed by atoms with Gasteiger partial charge in [0.2, 0.25) is 11.9 Å². The van der Waals surface area contributed by atoms with Crippen LogP contribution in [0, 0.1) is 13.8 Å². The Balaban J connectivity index is 0.00000176. The van der Waals surface area contributed by atoms with Gasteiger partial charge in [-0.15, -0.1) is 12.4 Å². The summed E-state index contributed by atoms with van der Waals surface area (Å²) in [5.41, 5.74) is 15.3. The molecule has 2 aliphatic rings. The monoisotopic (exact) mass is 321 g/mol. The quantitative estimate of drug-likeness (QED) is 0.834. The van der Waals surface area contributed by atoms with Crippen LogP contribution in [0.3, 0.4) is 0 Å². The molecule has 6 heteroatoms. The Bertz CT molecular complexity index is 597. The number of guanidine groups is 2. The highest BCUT2D eigenvalue weighted by Gasteiger charge is 2.43. The van der Waals surface area contributed by atoms with Crippen molar-refractivity contribution in [3.8, 4) is 0 Å². The van der Waals surface area contributed by atoms with E-state index in [1.165, 1.54) is 17.5 Å². The topological polar surface area (TPSA) is 80.0 Å². The third-order valence-corrected chi connectivity index (χ3v) is 4.51. The van der Waals surface area contributed by atoms with Gasteiger partial charge in [-0.2, -0.15) is 4.99 Å². The lowest BCUT2D eigenvalue weighted by Gasteiger charge is -2.46. The minimum absolute atomic E-state index is 0. The SMILES string of the molecule is Cc1cccc(C)c1N1C(N)=NC(N)=NC12CCCCC2.Cl. The van der Waals surface area contributed by atoms with Crippen LogP contribution in [0.1, 0.15) is 43.2 Å². The molecule has 1 saturated carbocycles. The van der Waals surface area contributed by atoms with Crippen LogP contribution in [-0.2, 0) is 0 Å². The largest absolute Gasteiger partial charge is 0.369 e.